The lowest BCUT2D eigenvalue weighted by atomic mass is 10.1. The van der Waals surface area contributed by atoms with Crippen LogP contribution < -0.4 is 5.32 Å². The molecule has 1 saturated heterocycles. The van der Waals surface area contributed by atoms with Crippen molar-refractivity contribution in [3.63, 3.8) is 0 Å². The molecule has 84 valence electrons. The molecular weight excluding hydrogens is 176 g/mol. The summed E-state index contributed by atoms with van der Waals surface area (Å²) < 4.78 is 0. The zero-order chi connectivity index (χ0) is 11.0. The summed E-state index contributed by atoms with van der Waals surface area (Å²) in [5.74, 6) is 0. The SMILES string of the molecule is CC(C)N1CC(C)(O)CNC(C)(C)C1. The maximum atomic E-state index is 10.1. The molecule has 1 aliphatic rings. The van der Waals surface area contributed by atoms with Crippen LogP contribution in [0.25, 0.3) is 0 Å². The number of β-amino-alcohol motifs (C(OH)–C–C–N with tert-alkyl or cyclic N) is 1. The fourth-order valence-electron chi connectivity index (χ4n) is 1.91. The quantitative estimate of drug-likeness (QED) is 0.658. The third kappa shape index (κ3) is 3.23. The molecule has 1 atom stereocenters. The predicted octanol–water partition coefficient (Wildman–Crippen LogP) is 0.830. The van der Waals surface area contributed by atoms with E-state index in [0.717, 1.165) is 13.1 Å². The topological polar surface area (TPSA) is 35.5 Å². The van der Waals surface area contributed by atoms with E-state index in [-0.39, 0.29) is 5.54 Å². The Hall–Kier alpha value is -0.120. The van der Waals surface area contributed by atoms with Crippen molar-refractivity contribution < 1.29 is 5.11 Å². The number of rotatable bonds is 1. The number of hydrogen-bond donors (Lipinski definition) is 2. The average molecular weight is 200 g/mol. The first-order valence-corrected chi connectivity index (χ1v) is 5.43. The second kappa shape index (κ2) is 3.80. The minimum atomic E-state index is -0.613. The molecule has 0 aromatic carbocycles. The average Bonchev–Trinajstić information content (AvgIpc) is 2.08. The van der Waals surface area contributed by atoms with E-state index in [2.05, 4.69) is 37.9 Å². The zero-order valence-corrected chi connectivity index (χ0v) is 10.1. The summed E-state index contributed by atoms with van der Waals surface area (Å²) in [6, 6.07) is 0.487. The first kappa shape index (κ1) is 12.0. The minimum Gasteiger partial charge on any atom is -0.388 e. The van der Waals surface area contributed by atoms with Gasteiger partial charge in [0.15, 0.2) is 0 Å². The molecule has 1 fully saturated rings. The monoisotopic (exact) mass is 200 g/mol. The van der Waals surface area contributed by atoms with Gasteiger partial charge in [0.1, 0.15) is 0 Å². The molecule has 0 aromatic rings. The van der Waals surface area contributed by atoms with Gasteiger partial charge in [0.05, 0.1) is 5.60 Å². The van der Waals surface area contributed by atoms with Gasteiger partial charge in [-0.15, -0.1) is 0 Å². The van der Waals surface area contributed by atoms with E-state index >= 15 is 0 Å². The third-order valence-corrected chi connectivity index (χ3v) is 2.82. The van der Waals surface area contributed by atoms with Gasteiger partial charge in [-0.2, -0.15) is 0 Å². The lowest BCUT2D eigenvalue weighted by Gasteiger charge is -2.33. The molecule has 1 aliphatic heterocycles. The van der Waals surface area contributed by atoms with E-state index in [1.165, 1.54) is 0 Å². The maximum Gasteiger partial charge on any atom is 0.0870 e. The summed E-state index contributed by atoms with van der Waals surface area (Å²) in [5, 5.41) is 13.5. The zero-order valence-electron chi connectivity index (χ0n) is 10.1. The molecule has 0 spiro atoms. The number of hydrogen-bond acceptors (Lipinski definition) is 3. The molecule has 3 heteroatoms. The van der Waals surface area contributed by atoms with E-state index in [1.54, 1.807) is 0 Å². The summed E-state index contributed by atoms with van der Waals surface area (Å²) in [5.41, 5.74) is -0.525. The molecule has 0 radical (unpaired) electrons. The summed E-state index contributed by atoms with van der Waals surface area (Å²) in [6.07, 6.45) is 0. The van der Waals surface area contributed by atoms with Crippen molar-refractivity contribution in [3.05, 3.63) is 0 Å². The molecule has 1 unspecified atom stereocenters. The van der Waals surface area contributed by atoms with Crippen molar-refractivity contribution >= 4 is 0 Å². The number of nitrogens with one attached hydrogen (secondary N) is 1. The van der Waals surface area contributed by atoms with Gasteiger partial charge < -0.3 is 10.4 Å². The van der Waals surface area contributed by atoms with E-state index in [0.29, 0.717) is 12.6 Å². The van der Waals surface area contributed by atoms with Crippen molar-refractivity contribution in [3.8, 4) is 0 Å². The Balaban J connectivity index is 2.76. The van der Waals surface area contributed by atoms with Gasteiger partial charge in [-0.3, -0.25) is 4.90 Å². The van der Waals surface area contributed by atoms with Gasteiger partial charge in [-0.1, -0.05) is 0 Å². The summed E-state index contributed by atoms with van der Waals surface area (Å²) in [7, 11) is 0. The van der Waals surface area contributed by atoms with Gasteiger partial charge in [0.25, 0.3) is 0 Å². The van der Waals surface area contributed by atoms with Gasteiger partial charge in [0.2, 0.25) is 0 Å². The van der Waals surface area contributed by atoms with Gasteiger partial charge >= 0.3 is 0 Å². The van der Waals surface area contributed by atoms with Crippen molar-refractivity contribution in [1.29, 1.82) is 0 Å². The van der Waals surface area contributed by atoms with Crippen LogP contribution in [0.1, 0.15) is 34.6 Å². The van der Waals surface area contributed by atoms with Crippen LogP contribution >= 0.6 is 0 Å². The highest BCUT2D eigenvalue weighted by Crippen LogP contribution is 2.18. The Labute approximate surface area is 87.5 Å². The second-order valence-corrected chi connectivity index (χ2v) is 5.73. The molecule has 1 heterocycles. The largest absolute Gasteiger partial charge is 0.388 e. The predicted molar refractivity (Wildman–Crippen MR) is 59.4 cm³/mol. The fraction of sp³-hybridized carbons (Fsp3) is 1.00. The molecular formula is C11H24N2O. The Morgan fingerprint density at radius 2 is 1.79 bits per heavy atom. The Bertz CT molecular complexity index is 181. The molecule has 1 rings (SSSR count). The van der Waals surface area contributed by atoms with E-state index in [9.17, 15) is 5.11 Å². The van der Waals surface area contributed by atoms with Crippen LogP contribution in [0.4, 0.5) is 0 Å². The summed E-state index contributed by atoms with van der Waals surface area (Å²) >= 11 is 0. The van der Waals surface area contributed by atoms with Crippen molar-refractivity contribution in [2.75, 3.05) is 19.6 Å². The molecule has 3 nitrogen and oxygen atoms in total. The lowest BCUT2D eigenvalue weighted by Crippen LogP contribution is -2.48. The van der Waals surface area contributed by atoms with Crippen LogP contribution in [-0.4, -0.2) is 46.8 Å². The Kier molecular flexibility index (Phi) is 3.24. The van der Waals surface area contributed by atoms with Crippen LogP contribution in [0, 0.1) is 0 Å². The van der Waals surface area contributed by atoms with Gasteiger partial charge in [-0.05, 0) is 34.6 Å². The molecule has 0 saturated carbocycles. The van der Waals surface area contributed by atoms with Gasteiger partial charge in [0, 0.05) is 31.2 Å². The van der Waals surface area contributed by atoms with Gasteiger partial charge in [-0.25, -0.2) is 0 Å². The first-order chi connectivity index (χ1) is 6.22. The maximum absolute atomic E-state index is 10.1. The van der Waals surface area contributed by atoms with Crippen molar-refractivity contribution in [1.82, 2.24) is 10.2 Å². The normalized spacial score (nSPS) is 34.5. The molecule has 0 bridgehead atoms. The third-order valence-electron chi connectivity index (χ3n) is 2.82. The number of aliphatic hydroxyl groups is 1. The molecule has 2 N–H and O–H groups in total. The highest BCUT2D eigenvalue weighted by atomic mass is 16.3. The van der Waals surface area contributed by atoms with Crippen LogP contribution in [0.3, 0.4) is 0 Å². The second-order valence-electron chi connectivity index (χ2n) is 5.73. The van der Waals surface area contributed by atoms with E-state index in [1.807, 2.05) is 6.92 Å². The Morgan fingerprint density at radius 3 is 2.29 bits per heavy atom. The van der Waals surface area contributed by atoms with Crippen molar-refractivity contribution in [2.45, 2.75) is 51.8 Å². The van der Waals surface area contributed by atoms with E-state index < -0.39 is 5.60 Å². The molecule has 0 aromatic heterocycles. The highest BCUT2D eigenvalue weighted by molar-refractivity contribution is 4.93. The molecule has 0 aliphatic carbocycles. The smallest absolute Gasteiger partial charge is 0.0870 e. The lowest BCUT2D eigenvalue weighted by molar-refractivity contribution is 0.0256. The minimum absolute atomic E-state index is 0.0881. The number of nitrogens with zero attached hydrogens (tertiary/aromatic N) is 1. The van der Waals surface area contributed by atoms with Crippen LogP contribution in [-0.2, 0) is 0 Å². The van der Waals surface area contributed by atoms with Crippen LogP contribution in [0.5, 0.6) is 0 Å². The van der Waals surface area contributed by atoms with Crippen LogP contribution in [0.15, 0.2) is 0 Å². The summed E-state index contributed by atoms with van der Waals surface area (Å²) in [6.45, 7) is 13.0. The Morgan fingerprint density at radius 1 is 1.21 bits per heavy atom. The van der Waals surface area contributed by atoms with E-state index in [4.69, 9.17) is 0 Å². The molecule has 0 amide bonds. The molecule has 14 heavy (non-hydrogen) atoms. The summed E-state index contributed by atoms with van der Waals surface area (Å²) in [4.78, 5) is 2.33. The van der Waals surface area contributed by atoms with Crippen LogP contribution in [0.2, 0.25) is 0 Å². The highest BCUT2D eigenvalue weighted by Gasteiger charge is 2.34. The first-order valence-electron chi connectivity index (χ1n) is 5.43. The fourth-order valence-corrected chi connectivity index (χ4v) is 1.91. The van der Waals surface area contributed by atoms with Crippen molar-refractivity contribution in [2.24, 2.45) is 0 Å². The standard InChI is InChI=1S/C11H24N2O/c1-9(2)13-7-10(3,4)12-6-11(5,14)8-13/h9,12,14H,6-8H2,1-5H3.